The van der Waals surface area contributed by atoms with E-state index in [1.807, 2.05) is 36.4 Å². The maximum atomic E-state index is 12.1. The number of likely N-dealkylation sites (N-methyl/N-ethyl adjacent to an activating group) is 1. The molecule has 0 saturated carbocycles. The number of rotatable bonds is 5. The van der Waals surface area contributed by atoms with Crippen LogP contribution in [0.25, 0.3) is 11.3 Å². The van der Waals surface area contributed by atoms with Gasteiger partial charge in [0.25, 0.3) is 0 Å². The Morgan fingerprint density at radius 1 is 1.14 bits per heavy atom. The van der Waals surface area contributed by atoms with Crippen LogP contribution >= 0.6 is 11.6 Å². The number of ether oxygens (including phenoxy) is 1. The summed E-state index contributed by atoms with van der Waals surface area (Å²) in [6.07, 6.45) is 0.966. The second-order valence-corrected chi connectivity index (χ2v) is 7.58. The molecule has 0 radical (unpaired) electrons. The summed E-state index contributed by atoms with van der Waals surface area (Å²) in [6, 6.07) is 11.1. The van der Waals surface area contributed by atoms with Crippen LogP contribution in [0.4, 0.5) is 4.79 Å². The lowest BCUT2D eigenvalue weighted by Gasteiger charge is -2.33. The van der Waals surface area contributed by atoms with Crippen LogP contribution in [0.5, 0.6) is 0 Å². The van der Waals surface area contributed by atoms with Crippen molar-refractivity contribution < 1.29 is 13.9 Å². The molecule has 4 rings (SSSR count). The molecule has 2 fully saturated rings. The van der Waals surface area contributed by atoms with Gasteiger partial charge in [0.05, 0.1) is 12.8 Å². The number of carbonyl (C=O) groups excluding carboxylic acids is 1. The number of cyclic esters (lactones) is 1. The van der Waals surface area contributed by atoms with Gasteiger partial charge in [-0.25, -0.2) is 4.79 Å². The van der Waals surface area contributed by atoms with Gasteiger partial charge in [-0.05, 0) is 43.4 Å². The van der Waals surface area contributed by atoms with E-state index in [0.717, 1.165) is 44.0 Å². The van der Waals surface area contributed by atoms with Crippen molar-refractivity contribution in [1.82, 2.24) is 14.8 Å². The van der Waals surface area contributed by atoms with Crippen molar-refractivity contribution in [2.75, 3.05) is 46.3 Å². The molecule has 1 atom stereocenters. The molecule has 1 aromatic heterocycles. The van der Waals surface area contributed by atoms with Crippen molar-refractivity contribution in [3.63, 3.8) is 0 Å². The highest BCUT2D eigenvalue weighted by atomic mass is 35.5. The lowest BCUT2D eigenvalue weighted by molar-refractivity contribution is 0.0835. The Morgan fingerprint density at radius 2 is 1.89 bits per heavy atom. The number of carbonyl (C=O) groups is 1. The predicted octanol–water partition coefficient (Wildman–Crippen LogP) is 3.00. The van der Waals surface area contributed by atoms with E-state index in [-0.39, 0.29) is 6.10 Å². The molecule has 148 valence electrons. The van der Waals surface area contributed by atoms with Crippen molar-refractivity contribution >= 4 is 23.9 Å². The minimum atomic E-state index is -0.417. The van der Waals surface area contributed by atoms with Crippen LogP contribution in [0.2, 0.25) is 5.02 Å². The summed E-state index contributed by atoms with van der Waals surface area (Å²) >= 11 is 5.91. The molecule has 0 aliphatic carbocycles. The zero-order valence-electron chi connectivity index (χ0n) is 15.8. The van der Waals surface area contributed by atoms with E-state index >= 15 is 0 Å². The van der Waals surface area contributed by atoms with Gasteiger partial charge in [-0.15, -0.1) is 0 Å². The summed E-state index contributed by atoms with van der Waals surface area (Å²) in [5, 5.41) is 6.27. The fraction of sp³-hybridized carbons (Fsp3) is 0.400. The molecule has 7 nitrogen and oxygen atoms in total. The van der Waals surface area contributed by atoms with Gasteiger partial charge in [-0.3, -0.25) is 4.90 Å². The number of halogens is 1. The number of furan rings is 1. The van der Waals surface area contributed by atoms with Gasteiger partial charge < -0.3 is 14.1 Å². The Labute approximate surface area is 169 Å². The zero-order valence-corrected chi connectivity index (χ0v) is 16.5. The van der Waals surface area contributed by atoms with Crippen LogP contribution < -0.4 is 0 Å². The lowest BCUT2D eigenvalue weighted by atomic mass is 10.2. The molecule has 2 aliphatic heterocycles. The number of piperazine rings is 1. The van der Waals surface area contributed by atoms with Gasteiger partial charge in [0.1, 0.15) is 17.6 Å². The molecule has 28 heavy (non-hydrogen) atoms. The smallest absolute Gasteiger partial charge is 0.430 e. The van der Waals surface area contributed by atoms with Crippen LogP contribution in [0.1, 0.15) is 5.76 Å². The van der Waals surface area contributed by atoms with Crippen molar-refractivity contribution in [3.8, 4) is 11.3 Å². The maximum absolute atomic E-state index is 12.1. The Morgan fingerprint density at radius 3 is 2.64 bits per heavy atom. The van der Waals surface area contributed by atoms with Gasteiger partial charge in [0, 0.05) is 43.3 Å². The molecule has 0 spiro atoms. The highest BCUT2D eigenvalue weighted by molar-refractivity contribution is 6.30. The van der Waals surface area contributed by atoms with E-state index in [4.69, 9.17) is 20.8 Å². The highest BCUT2D eigenvalue weighted by Crippen LogP contribution is 2.23. The molecular formula is C20H23ClN4O3. The molecule has 0 bridgehead atoms. The molecular weight excluding hydrogens is 380 g/mol. The van der Waals surface area contributed by atoms with E-state index in [9.17, 15) is 4.79 Å². The van der Waals surface area contributed by atoms with Gasteiger partial charge in [0.2, 0.25) is 0 Å². The summed E-state index contributed by atoms with van der Waals surface area (Å²) in [7, 11) is 2.12. The van der Waals surface area contributed by atoms with Gasteiger partial charge >= 0.3 is 6.09 Å². The van der Waals surface area contributed by atoms with Crippen LogP contribution in [0.3, 0.4) is 0 Å². The van der Waals surface area contributed by atoms with Crippen molar-refractivity contribution in [3.05, 3.63) is 47.2 Å². The fourth-order valence-electron chi connectivity index (χ4n) is 3.33. The first-order chi connectivity index (χ1) is 13.6. The minimum absolute atomic E-state index is 0.158. The summed E-state index contributed by atoms with van der Waals surface area (Å²) < 4.78 is 11.2. The fourth-order valence-corrected chi connectivity index (χ4v) is 3.46. The monoisotopic (exact) mass is 402 g/mol. The highest BCUT2D eigenvalue weighted by Gasteiger charge is 2.33. The van der Waals surface area contributed by atoms with E-state index < -0.39 is 6.09 Å². The lowest BCUT2D eigenvalue weighted by Crippen LogP contribution is -2.47. The van der Waals surface area contributed by atoms with E-state index in [1.165, 1.54) is 5.01 Å². The van der Waals surface area contributed by atoms with Crippen LogP contribution in [0, 0.1) is 0 Å². The molecule has 1 unspecified atom stereocenters. The first kappa shape index (κ1) is 19.0. The second kappa shape index (κ2) is 8.34. The summed E-state index contributed by atoms with van der Waals surface area (Å²) in [4.78, 5) is 16.7. The average molecular weight is 403 g/mol. The van der Waals surface area contributed by atoms with Gasteiger partial charge in [-0.2, -0.15) is 10.1 Å². The third-order valence-corrected chi connectivity index (χ3v) is 5.24. The molecule has 8 heteroatoms. The van der Waals surface area contributed by atoms with Crippen LogP contribution in [0.15, 0.2) is 45.9 Å². The molecule has 1 aromatic carbocycles. The largest absolute Gasteiger partial charge is 0.455 e. The van der Waals surface area contributed by atoms with Gasteiger partial charge in [0.15, 0.2) is 0 Å². The molecule has 1 amide bonds. The Kier molecular flexibility index (Phi) is 5.66. The van der Waals surface area contributed by atoms with Crippen LogP contribution in [-0.4, -0.2) is 79.5 Å². The average Bonchev–Trinajstić information content (AvgIpc) is 3.29. The number of hydrazone groups is 1. The summed E-state index contributed by atoms with van der Waals surface area (Å²) in [5.74, 6) is 1.29. The molecule has 0 N–H and O–H groups in total. The molecule has 2 aromatic rings. The van der Waals surface area contributed by atoms with Crippen LogP contribution in [-0.2, 0) is 4.74 Å². The predicted molar refractivity (Wildman–Crippen MR) is 108 cm³/mol. The number of benzene rings is 1. The molecule has 3 heterocycles. The van der Waals surface area contributed by atoms with E-state index in [1.54, 1.807) is 6.21 Å². The van der Waals surface area contributed by atoms with E-state index in [2.05, 4.69) is 21.9 Å². The standard InChI is InChI=1S/C20H23ClN4O3/c1-23-8-10-24(11-9-23)13-18-14-25(20(26)28-18)22-12-17-6-7-19(27-17)15-2-4-16(21)5-3-15/h2-7,12,18H,8-11,13-14H2,1H3/b22-12+. The maximum Gasteiger partial charge on any atom is 0.430 e. The Balaban J connectivity index is 1.33. The third-order valence-electron chi connectivity index (χ3n) is 4.99. The van der Waals surface area contributed by atoms with Crippen molar-refractivity contribution in [2.45, 2.75) is 6.10 Å². The topological polar surface area (TPSA) is 61.5 Å². The van der Waals surface area contributed by atoms with E-state index in [0.29, 0.717) is 17.3 Å². The zero-order chi connectivity index (χ0) is 19.5. The summed E-state index contributed by atoms with van der Waals surface area (Å²) in [6.45, 7) is 5.26. The molecule has 2 aliphatic rings. The third kappa shape index (κ3) is 4.55. The first-order valence-electron chi connectivity index (χ1n) is 9.35. The first-order valence-corrected chi connectivity index (χ1v) is 9.73. The SMILES string of the molecule is CN1CCN(CC2CN(/N=C/c3ccc(-c4ccc(Cl)cc4)o3)C(=O)O2)CC1. The number of hydrogen-bond donors (Lipinski definition) is 0. The number of hydrogen-bond acceptors (Lipinski definition) is 6. The quantitative estimate of drug-likeness (QED) is 0.719. The second-order valence-electron chi connectivity index (χ2n) is 7.15. The Bertz CT molecular complexity index is 843. The van der Waals surface area contributed by atoms with Crippen molar-refractivity contribution in [2.24, 2.45) is 5.10 Å². The van der Waals surface area contributed by atoms with Crippen molar-refractivity contribution in [1.29, 1.82) is 0 Å². The Hall–Kier alpha value is -2.35. The normalized spacial score (nSPS) is 21.6. The number of nitrogens with zero attached hydrogens (tertiary/aromatic N) is 4. The van der Waals surface area contributed by atoms with Gasteiger partial charge in [-0.1, -0.05) is 11.6 Å². The minimum Gasteiger partial charge on any atom is -0.455 e. The summed E-state index contributed by atoms with van der Waals surface area (Å²) in [5.41, 5.74) is 0.928. The molecule has 2 saturated heterocycles. The number of amides is 1.